The van der Waals surface area contributed by atoms with Crippen LogP contribution in [0.4, 0.5) is 8.78 Å². The van der Waals surface area contributed by atoms with E-state index in [1.807, 2.05) is 0 Å². The number of carbonyl (C=O) groups excluding carboxylic acids is 3. The largest absolute Gasteiger partial charge is 0.493 e. The highest BCUT2D eigenvalue weighted by Gasteiger charge is 2.13. The molecule has 0 heterocycles. The van der Waals surface area contributed by atoms with Gasteiger partial charge in [-0.05, 0) is 36.8 Å². The summed E-state index contributed by atoms with van der Waals surface area (Å²) in [4.78, 5) is 35.8. The van der Waals surface area contributed by atoms with Gasteiger partial charge in [0, 0.05) is 24.6 Å². The Bertz CT molecular complexity index is 937. The monoisotopic (exact) mass is 421 g/mol. The number of rotatable bonds is 8. The maximum absolute atomic E-state index is 13.5. The first-order chi connectivity index (χ1) is 14.3. The van der Waals surface area contributed by atoms with E-state index in [9.17, 15) is 23.2 Å². The predicted octanol–water partition coefficient (Wildman–Crippen LogP) is 1.95. The lowest BCUT2D eigenvalue weighted by Gasteiger charge is -2.11. The molecule has 0 saturated carbocycles. The molecule has 2 aromatic carbocycles. The van der Waals surface area contributed by atoms with Crippen molar-refractivity contribution in [2.45, 2.75) is 12.8 Å². The van der Waals surface area contributed by atoms with Crippen molar-refractivity contribution in [3.05, 3.63) is 59.2 Å². The number of halogens is 2. The van der Waals surface area contributed by atoms with Crippen LogP contribution < -0.4 is 25.6 Å². The average molecular weight is 421 g/mol. The van der Waals surface area contributed by atoms with Gasteiger partial charge in [0.05, 0.1) is 19.8 Å². The third kappa shape index (κ3) is 6.16. The second-order valence-corrected chi connectivity index (χ2v) is 6.06. The molecule has 0 aliphatic heterocycles. The fourth-order valence-corrected chi connectivity index (χ4v) is 2.46. The lowest BCUT2D eigenvalue weighted by Crippen LogP contribution is -2.41. The number of benzene rings is 2. The van der Waals surface area contributed by atoms with Crippen LogP contribution in [0.5, 0.6) is 11.5 Å². The number of hydrogen-bond donors (Lipinski definition) is 3. The van der Waals surface area contributed by atoms with Gasteiger partial charge in [-0.2, -0.15) is 0 Å². The molecule has 2 aromatic rings. The van der Waals surface area contributed by atoms with E-state index in [0.29, 0.717) is 17.6 Å². The van der Waals surface area contributed by atoms with Crippen LogP contribution in [0.25, 0.3) is 0 Å². The van der Waals surface area contributed by atoms with E-state index in [2.05, 4.69) is 16.2 Å². The molecule has 3 N–H and O–H groups in total. The quantitative estimate of drug-likeness (QED) is 0.446. The first-order valence-corrected chi connectivity index (χ1v) is 8.90. The molecule has 3 amide bonds. The molecule has 0 atom stereocenters. The number of hydrazine groups is 1. The van der Waals surface area contributed by atoms with Crippen LogP contribution in [0.1, 0.15) is 33.6 Å². The van der Waals surface area contributed by atoms with Crippen molar-refractivity contribution in [1.29, 1.82) is 0 Å². The van der Waals surface area contributed by atoms with Gasteiger partial charge >= 0.3 is 0 Å². The molecule has 0 aromatic heterocycles. The third-order valence-electron chi connectivity index (χ3n) is 4.00. The van der Waals surface area contributed by atoms with Gasteiger partial charge in [-0.3, -0.25) is 25.2 Å². The number of methoxy groups -OCH3 is 2. The molecular weight excluding hydrogens is 400 g/mol. The number of amides is 3. The molecule has 0 saturated heterocycles. The Balaban J connectivity index is 1.73. The number of hydrogen-bond acceptors (Lipinski definition) is 5. The summed E-state index contributed by atoms with van der Waals surface area (Å²) >= 11 is 0. The van der Waals surface area contributed by atoms with Gasteiger partial charge in [0.25, 0.3) is 11.8 Å². The molecule has 0 aliphatic rings. The minimum atomic E-state index is -0.969. The highest BCUT2D eigenvalue weighted by atomic mass is 19.1. The highest BCUT2D eigenvalue weighted by molar-refractivity contribution is 5.96. The third-order valence-corrected chi connectivity index (χ3v) is 4.00. The molecule has 2 rings (SSSR count). The zero-order chi connectivity index (χ0) is 22.1. The van der Waals surface area contributed by atoms with Gasteiger partial charge in [0.1, 0.15) is 11.6 Å². The predicted molar refractivity (Wildman–Crippen MR) is 103 cm³/mol. The summed E-state index contributed by atoms with van der Waals surface area (Å²) in [6, 6.07) is 7.16. The van der Waals surface area contributed by atoms with Crippen LogP contribution in [0.2, 0.25) is 0 Å². The van der Waals surface area contributed by atoms with Crippen LogP contribution in [0, 0.1) is 11.6 Å². The van der Waals surface area contributed by atoms with Gasteiger partial charge in [-0.1, -0.05) is 0 Å². The van der Waals surface area contributed by atoms with E-state index in [4.69, 9.17) is 9.47 Å². The molecule has 160 valence electrons. The topological polar surface area (TPSA) is 106 Å². The fraction of sp³-hybridized carbons (Fsp3) is 0.250. The summed E-state index contributed by atoms with van der Waals surface area (Å²) in [5.41, 5.74) is 4.49. The van der Waals surface area contributed by atoms with Gasteiger partial charge in [-0.25, -0.2) is 8.78 Å². The second kappa shape index (κ2) is 10.7. The molecule has 0 radical (unpaired) electrons. The summed E-state index contributed by atoms with van der Waals surface area (Å²) in [5.74, 6) is -2.67. The minimum Gasteiger partial charge on any atom is -0.493 e. The zero-order valence-corrected chi connectivity index (χ0v) is 16.4. The molecule has 0 unspecified atom stereocenters. The first kappa shape index (κ1) is 22.6. The Morgan fingerprint density at radius 1 is 0.900 bits per heavy atom. The van der Waals surface area contributed by atoms with E-state index in [1.165, 1.54) is 26.4 Å². The maximum Gasteiger partial charge on any atom is 0.269 e. The average Bonchev–Trinajstić information content (AvgIpc) is 2.74. The van der Waals surface area contributed by atoms with Gasteiger partial charge in [0.15, 0.2) is 11.5 Å². The Morgan fingerprint density at radius 3 is 2.30 bits per heavy atom. The SMILES string of the molecule is COc1ccc(C(=O)NNC(=O)CCCNC(=O)c2ccc(F)cc2F)cc1OC. The Labute approximate surface area is 171 Å². The second-order valence-electron chi connectivity index (χ2n) is 6.06. The molecule has 8 nitrogen and oxygen atoms in total. The summed E-state index contributed by atoms with van der Waals surface area (Å²) in [7, 11) is 2.90. The summed E-state index contributed by atoms with van der Waals surface area (Å²) in [6.07, 6.45) is 0.241. The lowest BCUT2D eigenvalue weighted by molar-refractivity contribution is -0.121. The summed E-state index contributed by atoms with van der Waals surface area (Å²) < 4.78 is 36.6. The van der Waals surface area contributed by atoms with Crippen molar-refractivity contribution in [2.24, 2.45) is 0 Å². The molecule has 0 aliphatic carbocycles. The minimum absolute atomic E-state index is 0.00159. The van der Waals surface area contributed by atoms with E-state index in [1.54, 1.807) is 6.07 Å². The maximum atomic E-state index is 13.5. The first-order valence-electron chi connectivity index (χ1n) is 8.90. The van der Waals surface area contributed by atoms with Crippen LogP contribution in [0.15, 0.2) is 36.4 Å². The number of nitrogens with one attached hydrogen (secondary N) is 3. The van der Waals surface area contributed by atoms with Crippen molar-refractivity contribution < 1.29 is 32.6 Å². The van der Waals surface area contributed by atoms with Crippen molar-refractivity contribution in [3.63, 3.8) is 0 Å². The zero-order valence-electron chi connectivity index (χ0n) is 16.4. The standard InChI is InChI=1S/C20H21F2N3O5/c1-29-16-8-5-12(10-17(16)30-2)19(27)25-24-18(26)4-3-9-23-20(28)14-7-6-13(21)11-15(14)22/h5-8,10-11H,3-4,9H2,1-2H3,(H,23,28)(H,24,26)(H,25,27). The van der Waals surface area contributed by atoms with Crippen molar-refractivity contribution in [1.82, 2.24) is 16.2 Å². The van der Waals surface area contributed by atoms with Crippen molar-refractivity contribution in [3.8, 4) is 11.5 Å². The Morgan fingerprint density at radius 2 is 1.63 bits per heavy atom. The van der Waals surface area contributed by atoms with Gasteiger partial charge < -0.3 is 14.8 Å². The summed E-state index contributed by atoms with van der Waals surface area (Å²) in [6.45, 7) is 0.0900. The molecule has 30 heavy (non-hydrogen) atoms. The van der Waals surface area contributed by atoms with Gasteiger partial charge in [0.2, 0.25) is 5.91 Å². The fourth-order valence-electron chi connectivity index (χ4n) is 2.46. The molecule has 0 fully saturated rings. The highest BCUT2D eigenvalue weighted by Crippen LogP contribution is 2.27. The molecule has 10 heteroatoms. The van der Waals surface area contributed by atoms with Crippen LogP contribution in [0.3, 0.4) is 0 Å². The van der Waals surface area contributed by atoms with Crippen molar-refractivity contribution >= 4 is 17.7 Å². The van der Waals surface area contributed by atoms with Crippen LogP contribution in [-0.4, -0.2) is 38.5 Å². The van der Waals surface area contributed by atoms with E-state index < -0.39 is 29.4 Å². The van der Waals surface area contributed by atoms with Crippen LogP contribution >= 0.6 is 0 Å². The molecular formula is C20H21F2N3O5. The van der Waals surface area contributed by atoms with Gasteiger partial charge in [-0.15, -0.1) is 0 Å². The molecule has 0 bridgehead atoms. The number of ether oxygens (including phenoxy) is 2. The van der Waals surface area contributed by atoms with E-state index >= 15 is 0 Å². The molecule has 0 spiro atoms. The Hall–Kier alpha value is -3.69. The van der Waals surface area contributed by atoms with Crippen molar-refractivity contribution in [2.75, 3.05) is 20.8 Å². The van der Waals surface area contributed by atoms with Crippen LogP contribution in [-0.2, 0) is 4.79 Å². The lowest BCUT2D eigenvalue weighted by atomic mass is 10.2. The smallest absolute Gasteiger partial charge is 0.269 e. The Kier molecular flexibility index (Phi) is 8.09. The van der Waals surface area contributed by atoms with E-state index in [0.717, 1.165) is 12.1 Å². The number of carbonyl (C=O) groups is 3. The normalized spacial score (nSPS) is 10.1. The van der Waals surface area contributed by atoms with E-state index in [-0.39, 0.29) is 30.5 Å². The summed E-state index contributed by atoms with van der Waals surface area (Å²) in [5, 5.41) is 2.43.